The maximum absolute atomic E-state index is 12.2. The lowest BCUT2D eigenvalue weighted by atomic mass is 10.2. The first kappa shape index (κ1) is 16.1. The highest BCUT2D eigenvalue weighted by atomic mass is 16.1. The number of amides is 1. The number of carbonyl (C=O) groups excluding carboxylic acids is 1. The van der Waals surface area contributed by atoms with Gasteiger partial charge in [0.15, 0.2) is 0 Å². The van der Waals surface area contributed by atoms with Gasteiger partial charge in [-0.15, -0.1) is 0 Å². The Morgan fingerprint density at radius 3 is 2.61 bits per heavy atom. The molecule has 0 saturated heterocycles. The summed E-state index contributed by atoms with van der Waals surface area (Å²) < 4.78 is 0. The summed E-state index contributed by atoms with van der Waals surface area (Å²) in [5.74, 6) is -0.472. The second-order valence-electron chi connectivity index (χ2n) is 5.17. The third-order valence-electron chi connectivity index (χ3n) is 3.34. The number of benzene rings is 2. The van der Waals surface area contributed by atoms with Gasteiger partial charge in [-0.1, -0.05) is 24.3 Å². The van der Waals surface area contributed by atoms with Crippen LogP contribution >= 0.6 is 0 Å². The van der Waals surface area contributed by atoms with Gasteiger partial charge >= 0.3 is 0 Å². The third-order valence-corrected chi connectivity index (χ3v) is 3.34. The highest BCUT2D eigenvalue weighted by Crippen LogP contribution is 2.20. The summed E-state index contributed by atoms with van der Waals surface area (Å²) in [4.78, 5) is 12.2. The van der Waals surface area contributed by atoms with Crippen LogP contribution in [0, 0.1) is 25.2 Å². The Morgan fingerprint density at radius 1 is 1.17 bits per heavy atom. The van der Waals surface area contributed by atoms with Gasteiger partial charge in [0.2, 0.25) is 0 Å². The van der Waals surface area contributed by atoms with Crippen molar-refractivity contribution >= 4 is 23.0 Å². The van der Waals surface area contributed by atoms with Crippen LogP contribution in [0.5, 0.6) is 0 Å². The quantitative estimate of drug-likeness (QED) is 0.459. The van der Waals surface area contributed by atoms with E-state index in [1.807, 2.05) is 50.2 Å². The van der Waals surface area contributed by atoms with E-state index in [9.17, 15) is 10.1 Å². The Hall–Kier alpha value is -3.26. The molecule has 0 heterocycles. The Labute approximate surface area is 135 Å². The number of hydrogen-bond acceptors (Lipinski definition) is 4. The molecule has 2 aromatic carbocycles. The molecule has 0 radical (unpaired) electrons. The maximum Gasteiger partial charge on any atom is 0.267 e. The van der Waals surface area contributed by atoms with E-state index in [0.717, 1.165) is 11.1 Å². The number of hydrogen-bond donors (Lipinski definition) is 3. The van der Waals surface area contributed by atoms with Crippen molar-refractivity contribution in [2.45, 2.75) is 13.8 Å². The van der Waals surface area contributed by atoms with Crippen LogP contribution in [0.15, 0.2) is 54.2 Å². The van der Waals surface area contributed by atoms with E-state index in [1.165, 1.54) is 6.20 Å². The number of aryl methyl sites for hydroxylation is 2. The minimum absolute atomic E-state index is 0.0332. The van der Waals surface area contributed by atoms with Crippen molar-refractivity contribution < 1.29 is 4.79 Å². The first-order chi connectivity index (χ1) is 11.0. The lowest BCUT2D eigenvalue weighted by molar-refractivity contribution is -0.112. The third kappa shape index (κ3) is 4.11. The maximum atomic E-state index is 12.2. The predicted molar refractivity (Wildman–Crippen MR) is 92.7 cm³/mol. The van der Waals surface area contributed by atoms with Crippen LogP contribution in [-0.4, -0.2) is 5.91 Å². The molecule has 0 aromatic heterocycles. The van der Waals surface area contributed by atoms with Gasteiger partial charge in [-0.3, -0.25) is 4.79 Å². The minimum Gasteiger partial charge on any atom is -0.397 e. The van der Waals surface area contributed by atoms with Crippen molar-refractivity contribution in [1.29, 1.82) is 5.26 Å². The molecule has 4 N–H and O–H groups in total. The van der Waals surface area contributed by atoms with Gasteiger partial charge in [-0.2, -0.15) is 5.26 Å². The number of nitrogen functional groups attached to an aromatic ring is 1. The second-order valence-corrected chi connectivity index (χ2v) is 5.17. The predicted octanol–water partition coefficient (Wildman–Crippen LogP) is 3.34. The van der Waals surface area contributed by atoms with E-state index in [0.29, 0.717) is 17.1 Å². The molecule has 116 valence electrons. The molecule has 0 spiro atoms. The van der Waals surface area contributed by atoms with Crippen molar-refractivity contribution in [1.82, 2.24) is 0 Å². The van der Waals surface area contributed by atoms with Crippen LogP contribution in [-0.2, 0) is 4.79 Å². The lowest BCUT2D eigenvalue weighted by Gasteiger charge is -2.09. The second kappa shape index (κ2) is 7.14. The van der Waals surface area contributed by atoms with E-state index in [2.05, 4.69) is 10.6 Å². The van der Waals surface area contributed by atoms with Gasteiger partial charge in [0.05, 0.1) is 11.4 Å². The molecule has 5 nitrogen and oxygen atoms in total. The fourth-order valence-electron chi connectivity index (χ4n) is 2.00. The zero-order chi connectivity index (χ0) is 16.8. The number of carbonyl (C=O) groups is 1. The normalized spacial score (nSPS) is 10.7. The molecule has 0 atom stereocenters. The zero-order valence-electron chi connectivity index (χ0n) is 13.1. The van der Waals surface area contributed by atoms with Crippen LogP contribution in [0.1, 0.15) is 11.1 Å². The monoisotopic (exact) mass is 306 g/mol. The summed E-state index contributed by atoms with van der Waals surface area (Å²) >= 11 is 0. The van der Waals surface area contributed by atoms with Crippen LogP contribution in [0.2, 0.25) is 0 Å². The van der Waals surface area contributed by atoms with Gasteiger partial charge in [-0.05, 0) is 43.2 Å². The SMILES string of the molecule is Cc1ccc(N)c(N/C=C(/C#N)C(=O)Nc2ccccc2C)c1. The smallest absolute Gasteiger partial charge is 0.267 e. The topological polar surface area (TPSA) is 90.9 Å². The molecule has 0 saturated carbocycles. The van der Waals surface area contributed by atoms with E-state index in [-0.39, 0.29) is 5.57 Å². The largest absolute Gasteiger partial charge is 0.397 e. The van der Waals surface area contributed by atoms with Crippen LogP contribution < -0.4 is 16.4 Å². The Balaban J connectivity index is 2.16. The van der Waals surface area contributed by atoms with Crippen LogP contribution in [0.25, 0.3) is 0 Å². The van der Waals surface area contributed by atoms with Crippen molar-refractivity contribution in [2.75, 3.05) is 16.4 Å². The highest BCUT2D eigenvalue weighted by Gasteiger charge is 2.10. The molecular weight excluding hydrogens is 288 g/mol. The molecule has 0 unspecified atom stereocenters. The minimum atomic E-state index is -0.472. The first-order valence-corrected chi connectivity index (χ1v) is 7.11. The summed E-state index contributed by atoms with van der Waals surface area (Å²) in [5.41, 5.74) is 9.65. The highest BCUT2D eigenvalue weighted by molar-refractivity contribution is 6.07. The Bertz CT molecular complexity index is 803. The summed E-state index contributed by atoms with van der Waals surface area (Å²) in [7, 11) is 0. The fraction of sp³-hybridized carbons (Fsp3) is 0.111. The van der Waals surface area contributed by atoms with Crippen molar-refractivity contribution in [2.24, 2.45) is 0 Å². The number of anilines is 3. The number of rotatable bonds is 4. The average molecular weight is 306 g/mol. The van der Waals surface area contributed by atoms with Crippen molar-refractivity contribution in [3.05, 3.63) is 65.4 Å². The number of nitrogens with zero attached hydrogens (tertiary/aromatic N) is 1. The van der Waals surface area contributed by atoms with Gasteiger partial charge in [0.25, 0.3) is 5.91 Å². The van der Waals surface area contributed by atoms with E-state index < -0.39 is 5.91 Å². The zero-order valence-corrected chi connectivity index (χ0v) is 13.1. The summed E-state index contributed by atoms with van der Waals surface area (Å²) in [6.45, 7) is 3.82. The standard InChI is InChI=1S/C18H18N4O/c1-12-7-8-15(20)17(9-12)21-11-14(10-19)18(23)22-16-6-4-3-5-13(16)2/h3-9,11,21H,20H2,1-2H3,(H,22,23)/b14-11-. The Kier molecular flexibility index (Phi) is 5.00. The molecule has 0 bridgehead atoms. The molecule has 2 rings (SSSR count). The summed E-state index contributed by atoms with van der Waals surface area (Å²) in [6, 6.07) is 14.8. The van der Waals surface area contributed by atoms with Crippen LogP contribution in [0.3, 0.4) is 0 Å². The molecular formula is C18H18N4O. The van der Waals surface area contributed by atoms with E-state index in [4.69, 9.17) is 5.73 Å². The molecule has 0 fully saturated rings. The molecule has 23 heavy (non-hydrogen) atoms. The molecule has 2 aromatic rings. The van der Waals surface area contributed by atoms with Gasteiger partial charge in [-0.25, -0.2) is 0 Å². The fourth-order valence-corrected chi connectivity index (χ4v) is 2.00. The molecule has 5 heteroatoms. The number of nitriles is 1. The van der Waals surface area contributed by atoms with Gasteiger partial charge < -0.3 is 16.4 Å². The molecule has 0 aliphatic heterocycles. The molecule has 0 aliphatic rings. The van der Waals surface area contributed by atoms with Crippen molar-refractivity contribution in [3.8, 4) is 6.07 Å². The van der Waals surface area contributed by atoms with Gasteiger partial charge in [0.1, 0.15) is 11.6 Å². The average Bonchev–Trinajstić information content (AvgIpc) is 2.53. The molecule has 0 aliphatic carbocycles. The summed E-state index contributed by atoms with van der Waals surface area (Å²) in [5, 5.41) is 14.8. The Morgan fingerprint density at radius 2 is 1.91 bits per heavy atom. The summed E-state index contributed by atoms with van der Waals surface area (Å²) in [6.07, 6.45) is 1.36. The first-order valence-electron chi connectivity index (χ1n) is 7.11. The number of para-hydroxylation sites is 1. The number of nitrogens with two attached hydrogens (primary N) is 1. The lowest BCUT2D eigenvalue weighted by Crippen LogP contribution is -2.15. The van der Waals surface area contributed by atoms with Crippen molar-refractivity contribution in [3.63, 3.8) is 0 Å². The van der Waals surface area contributed by atoms with Crippen LogP contribution in [0.4, 0.5) is 17.1 Å². The van der Waals surface area contributed by atoms with Gasteiger partial charge in [0, 0.05) is 11.9 Å². The number of nitrogens with one attached hydrogen (secondary N) is 2. The molecule has 1 amide bonds. The van der Waals surface area contributed by atoms with E-state index >= 15 is 0 Å². The van der Waals surface area contributed by atoms with E-state index in [1.54, 1.807) is 12.1 Å².